The highest BCUT2D eigenvalue weighted by Gasteiger charge is 2.26. The van der Waals surface area contributed by atoms with E-state index in [-0.39, 0.29) is 10.2 Å². The molecule has 1 amide bonds. The number of aromatic nitrogens is 1. The number of sulfonamides is 1. The van der Waals surface area contributed by atoms with Gasteiger partial charge in [0.2, 0.25) is 10.2 Å². The fourth-order valence-electron chi connectivity index (χ4n) is 1.84. The van der Waals surface area contributed by atoms with Gasteiger partial charge in [0.1, 0.15) is 0 Å². The Kier molecular flexibility index (Phi) is 3.81. The molecule has 1 heterocycles. The molecule has 2 rings (SSSR count). The molecule has 6 nitrogen and oxygen atoms in total. The van der Waals surface area contributed by atoms with Gasteiger partial charge >= 0.3 is 0 Å². The highest BCUT2D eigenvalue weighted by molar-refractivity contribution is 7.91. The lowest BCUT2D eigenvalue weighted by atomic mass is 9.95. The fourth-order valence-corrected chi connectivity index (χ4v) is 3.53. The van der Waals surface area contributed by atoms with Crippen LogP contribution in [-0.4, -0.2) is 26.4 Å². The maximum Gasteiger partial charge on any atom is 0.265 e. The van der Waals surface area contributed by atoms with Crippen molar-refractivity contribution in [3.8, 4) is 0 Å². The topological polar surface area (TPSA) is 93.4 Å². The van der Waals surface area contributed by atoms with Crippen LogP contribution in [0.2, 0.25) is 0 Å². The molecule has 0 saturated carbocycles. The molecule has 0 aliphatic rings. The van der Waals surface area contributed by atoms with Gasteiger partial charge in [-0.15, -0.1) is 11.3 Å². The molecule has 0 saturated heterocycles. The molecule has 0 aliphatic heterocycles. The third-order valence-electron chi connectivity index (χ3n) is 2.93. The van der Waals surface area contributed by atoms with E-state index in [1.54, 1.807) is 30.1 Å². The van der Waals surface area contributed by atoms with Crippen LogP contribution in [0.5, 0.6) is 0 Å². The zero-order valence-electron chi connectivity index (χ0n) is 12.2. The van der Waals surface area contributed by atoms with Gasteiger partial charge in [0.25, 0.3) is 10.0 Å². The van der Waals surface area contributed by atoms with Crippen LogP contribution in [0.25, 0.3) is 10.2 Å². The molecular formula is C13H17N3O3S2. The van der Waals surface area contributed by atoms with Crippen LogP contribution >= 0.6 is 11.3 Å². The second-order valence-corrected chi connectivity index (χ2v) is 8.56. The number of fused-ring (bicyclic) bond motifs is 1. The van der Waals surface area contributed by atoms with Crippen molar-refractivity contribution in [2.45, 2.75) is 25.1 Å². The van der Waals surface area contributed by atoms with Crippen LogP contribution in [0, 0.1) is 5.41 Å². The summed E-state index contributed by atoms with van der Waals surface area (Å²) in [5, 5.41) is 5.08. The average molecular weight is 327 g/mol. The van der Waals surface area contributed by atoms with Gasteiger partial charge in [-0.2, -0.15) is 0 Å². The zero-order chi connectivity index (χ0) is 16.0. The molecule has 0 atom stereocenters. The number of carbonyl (C=O) groups excluding carboxylic acids is 1. The third-order valence-corrected chi connectivity index (χ3v) is 5.27. The Labute approximate surface area is 127 Å². The van der Waals surface area contributed by atoms with E-state index in [4.69, 9.17) is 5.14 Å². The summed E-state index contributed by atoms with van der Waals surface area (Å²) < 4.78 is 23.2. The molecule has 1 aromatic carbocycles. The minimum atomic E-state index is -3.81. The van der Waals surface area contributed by atoms with E-state index in [2.05, 4.69) is 4.98 Å². The summed E-state index contributed by atoms with van der Waals surface area (Å²) in [5.41, 5.74) is 0.736. The first-order valence-corrected chi connectivity index (χ1v) is 8.58. The number of carbonyl (C=O) groups is 1. The number of hydrogen-bond donors (Lipinski definition) is 1. The maximum atomic E-state index is 12.3. The summed E-state index contributed by atoms with van der Waals surface area (Å²) in [4.78, 5) is 17.8. The van der Waals surface area contributed by atoms with E-state index in [9.17, 15) is 13.2 Å². The fraction of sp³-hybridized carbons (Fsp3) is 0.385. The van der Waals surface area contributed by atoms with E-state index in [0.29, 0.717) is 15.9 Å². The van der Waals surface area contributed by atoms with Crippen molar-refractivity contribution in [2.24, 2.45) is 10.6 Å². The van der Waals surface area contributed by atoms with Crippen LogP contribution < -0.4 is 10.0 Å². The molecule has 1 aromatic heterocycles. The van der Waals surface area contributed by atoms with E-state index < -0.39 is 15.4 Å². The lowest BCUT2D eigenvalue weighted by Gasteiger charge is -2.26. The SMILES string of the molecule is CN(C(=O)C(C)(C)C)c1ccc2nc(S(N)(=O)=O)sc2c1. The van der Waals surface area contributed by atoms with Gasteiger partial charge in [-0.05, 0) is 18.2 Å². The molecular weight excluding hydrogens is 310 g/mol. The second kappa shape index (κ2) is 5.04. The van der Waals surface area contributed by atoms with Crippen molar-refractivity contribution < 1.29 is 13.2 Å². The summed E-state index contributed by atoms with van der Waals surface area (Å²) >= 11 is 0.993. The highest BCUT2D eigenvalue weighted by Crippen LogP contribution is 2.30. The predicted molar refractivity (Wildman–Crippen MR) is 83.9 cm³/mol. The molecule has 114 valence electrons. The Morgan fingerprint density at radius 3 is 2.48 bits per heavy atom. The third kappa shape index (κ3) is 3.22. The van der Waals surface area contributed by atoms with Gasteiger partial charge in [0.05, 0.1) is 10.2 Å². The number of anilines is 1. The first kappa shape index (κ1) is 15.9. The second-order valence-electron chi connectivity index (χ2n) is 5.79. The number of amides is 1. The molecule has 0 unspecified atom stereocenters. The standard InChI is InChI=1S/C13H17N3O3S2/c1-13(2,3)11(17)16(4)8-5-6-9-10(7-8)20-12(15-9)21(14,18)19/h5-7H,1-4H3,(H2,14,18,19). The lowest BCUT2D eigenvalue weighted by Crippen LogP contribution is -2.36. The van der Waals surface area contributed by atoms with E-state index in [1.807, 2.05) is 20.8 Å². The molecule has 21 heavy (non-hydrogen) atoms. The number of benzene rings is 1. The van der Waals surface area contributed by atoms with Crippen molar-refractivity contribution >= 4 is 43.2 Å². The summed E-state index contributed by atoms with van der Waals surface area (Å²) in [6.07, 6.45) is 0. The van der Waals surface area contributed by atoms with Crippen LogP contribution in [-0.2, 0) is 14.8 Å². The van der Waals surface area contributed by atoms with E-state index in [0.717, 1.165) is 11.3 Å². The van der Waals surface area contributed by atoms with E-state index >= 15 is 0 Å². The largest absolute Gasteiger partial charge is 0.315 e. The van der Waals surface area contributed by atoms with Crippen molar-refractivity contribution in [2.75, 3.05) is 11.9 Å². The Bertz CT molecular complexity index is 804. The molecule has 0 bridgehead atoms. The summed E-state index contributed by atoms with van der Waals surface area (Å²) in [5.74, 6) is -0.0296. The van der Waals surface area contributed by atoms with Gasteiger partial charge in [0, 0.05) is 18.2 Å². The summed E-state index contributed by atoms with van der Waals surface area (Å²) in [6, 6.07) is 5.16. The molecule has 0 spiro atoms. The zero-order valence-corrected chi connectivity index (χ0v) is 13.9. The highest BCUT2D eigenvalue weighted by atomic mass is 32.2. The number of rotatable bonds is 2. The van der Waals surface area contributed by atoms with Gasteiger partial charge in [0.15, 0.2) is 0 Å². The molecule has 2 N–H and O–H groups in total. The van der Waals surface area contributed by atoms with Gasteiger partial charge in [-0.25, -0.2) is 18.5 Å². The number of primary sulfonamides is 1. The normalized spacial score (nSPS) is 12.6. The van der Waals surface area contributed by atoms with Gasteiger partial charge < -0.3 is 4.90 Å². The molecule has 8 heteroatoms. The predicted octanol–water partition coefficient (Wildman–Crippen LogP) is 1.95. The maximum absolute atomic E-state index is 12.3. The summed E-state index contributed by atoms with van der Waals surface area (Å²) in [6.45, 7) is 5.53. The van der Waals surface area contributed by atoms with Crippen molar-refractivity contribution in [3.63, 3.8) is 0 Å². The van der Waals surface area contributed by atoms with Crippen molar-refractivity contribution in [1.82, 2.24) is 4.98 Å². The number of nitrogens with zero attached hydrogens (tertiary/aromatic N) is 2. The average Bonchev–Trinajstić information content (AvgIpc) is 2.78. The van der Waals surface area contributed by atoms with Crippen molar-refractivity contribution in [1.29, 1.82) is 0 Å². The van der Waals surface area contributed by atoms with Crippen LogP contribution in [0.15, 0.2) is 22.5 Å². The Morgan fingerprint density at radius 2 is 1.95 bits per heavy atom. The minimum Gasteiger partial charge on any atom is -0.315 e. The minimum absolute atomic E-state index is 0.0296. The van der Waals surface area contributed by atoms with Crippen LogP contribution in [0.4, 0.5) is 5.69 Å². The smallest absolute Gasteiger partial charge is 0.265 e. The summed E-state index contributed by atoms with van der Waals surface area (Å²) in [7, 11) is -2.12. The first-order valence-electron chi connectivity index (χ1n) is 6.22. The molecule has 2 aromatic rings. The lowest BCUT2D eigenvalue weighted by molar-refractivity contribution is -0.125. The van der Waals surface area contributed by atoms with Crippen LogP contribution in [0.1, 0.15) is 20.8 Å². The van der Waals surface area contributed by atoms with Crippen LogP contribution in [0.3, 0.4) is 0 Å². The Morgan fingerprint density at radius 1 is 1.33 bits per heavy atom. The number of nitrogens with two attached hydrogens (primary N) is 1. The first-order chi connectivity index (χ1) is 9.50. The monoisotopic (exact) mass is 327 g/mol. The molecule has 0 aliphatic carbocycles. The van der Waals surface area contributed by atoms with Crippen molar-refractivity contribution in [3.05, 3.63) is 18.2 Å². The molecule has 0 fully saturated rings. The van der Waals surface area contributed by atoms with Gasteiger partial charge in [-0.1, -0.05) is 20.8 Å². The quantitative estimate of drug-likeness (QED) is 0.912. The Hall–Kier alpha value is -1.51. The van der Waals surface area contributed by atoms with E-state index in [1.165, 1.54) is 0 Å². The van der Waals surface area contributed by atoms with Gasteiger partial charge in [-0.3, -0.25) is 4.79 Å². The molecule has 0 radical (unpaired) electrons. The Balaban J connectivity index is 2.46. The number of thiazole rings is 1. The number of hydrogen-bond acceptors (Lipinski definition) is 5.